The Morgan fingerprint density at radius 1 is 0.898 bits per heavy atom. The number of esters is 1. The molecule has 0 bridgehead atoms. The molecule has 2 amide bonds. The van der Waals surface area contributed by atoms with Gasteiger partial charge in [0.25, 0.3) is 5.91 Å². The van der Waals surface area contributed by atoms with Crippen LogP contribution in [-0.4, -0.2) is 57.8 Å². The fourth-order valence-corrected chi connectivity index (χ4v) is 14.7. The molecule has 324 valence electrons. The van der Waals surface area contributed by atoms with E-state index in [1.54, 1.807) is 18.3 Å². The Labute approximate surface area is 352 Å². The van der Waals surface area contributed by atoms with E-state index in [1.165, 1.54) is 11.8 Å². The minimum absolute atomic E-state index is 0.0220. The third-order valence-corrected chi connectivity index (χ3v) is 18.2. The summed E-state index contributed by atoms with van der Waals surface area (Å²) >= 11 is 0. The second-order valence-corrected chi connectivity index (χ2v) is 22.8. The van der Waals surface area contributed by atoms with Gasteiger partial charge in [0.15, 0.2) is 5.78 Å². The number of carbonyl (C=O) groups is 5. The number of carboxylic acid groups (broad SMARTS) is 1. The van der Waals surface area contributed by atoms with Gasteiger partial charge in [-0.3, -0.25) is 29.0 Å². The molecule has 7 rings (SSSR count). The molecule has 0 aromatic carbocycles. The molecule has 5 saturated carbocycles. The summed E-state index contributed by atoms with van der Waals surface area (Å²) in [7, 11) is 0. The number of nitrogens with zero attached hydrogens (tertiary/aromatic N) is 1. The van der Waals surface area contributed by atoms with E-state index in [0.29, 0.717) is 30.2 Å². The first-order valence-electron chi connectivity index (χ1n) is 22.5. The summed E-state index contributed by atoms with van der Waals surface area (Å²) in [5.74, 6) is -0.993. The number of ketones is 1. The number of carbonyl (C=O) groups excluding carboxylic acids is 4. The SMILES string of the molecule is CC(C)C1=C2[C@H]3CC[C@@H]4[C@@]5(C)CC[C@H](OC(=O)[C@H]6C[C@@H](C(=O)O)C6(C)C)C(C)(C)[C@@H]5CC[C@@]4(C)[C@]3(C)CC[C@@]2(CC(=O)NCC(C)(C)NC(=O)c2cccnc2)CC1=O. The second kappa shape index (κ2) is 14.5. The summed E-state index contributed by atoms with van der Waals surface area (Å²) in [6.07, 6.45) is 11.7. The lowest BCUT2D eigenvalue weighted by molar-refractivity contribution is -0.236. The van der Waals surface area contributed by atoms with Gasteiger partial charge < -0.3 is 20.5 Å². The number of hydrogen-bond donors (Lipinski definition) is 3. The van der Waals surface area contributed by atoms with E-state index >= 15 is 0 Å². The van der Waals surface area contributed by atoms with Crippen LogP contribution in [0.1, 0.15) is 157 Å². The highest BCUT2D eigenvalue weighted by Gasteiger charge is 2.70. The third kappa shape index (κ3) is 6.79. The van der Waals surface area contributed by atoms with Gasteiger partial charge in [-0.1, -0.05) is 67.9 Å². The predicted octanol–water partition coefficient (Wildman–Crippen LogP) is 8.74. The van der Waals surface area contributed by atoms with Gasteiger partial charge >= 0.3 is 11.9 Å². The van der Waals surface area contributed by atoms with Crippen LogP contribution in [0.25, 0.3) is 0 Å². The molecule has 1 aromatic rings. The van der Waals surface area contributed by atoms with Crippen molar-refractivity contribution in [1.82, 2.24) is 15.6 Å². The molecule has 59 heavy (non-hydrogen) atoms. The highest BCUT2D eigenvalue weighted by atomic mass is 16.5. The van der Waals surface area contributed by atoms with E-state index in [2.05, 4.69) is 64.1 Å². The first kappa shape index (κ1) is 43.5. The van der Waals surface area contributed by atoms with Crippen molar-refractivity contribution in [2.75, 3.05) is 6.54 Å². The van der Waals surface area contributed by atoms with Gasteiger partial charge in [0, 0.05) is 42.6 Å². The number of ether oxygens (including phenoxy) is 1. The van der Waals surface area contributed by atoms with Crippen LogP contribution in [0.3, 0.4) is 0 Å². The zero-order valence-corrected chi connectivity index (χ0v) is 37.7. The maximum atomic E-state index is 14.1. The van der Waals surface area contributed by atoms with Crippen molar-refractivity contribution in [3.8, 4) is 0 Å². The third-order valence-electron chi connectivity index (χ3n) is 18.2. The average molecular weight is 814 g/mol. The van der Waals surface area contributed by atoms with E-state index in [4.69, 9.17) is 4.74 Å². The zero-order valence-electron chi connectivity index (χ0n) is 37.7. The quantitative estimate of drug-likeness (QED) is 0.199. The minimum atomic E-state index is -0.840. The Bertz CT molecular complexity index is 1930. The number of allylic oxidation sites excluding steroid dienone is 2. The van der Waals surface area contributed by atoms with Crippen molar-refractivity contribution in [3.05, 3.63) is 41.2 Å². The lowest BCUT2D eigenvalue weighted by Gasteiger charge is -2.72. The van der Waals surface area contributed by atoms with Crippen LogP contribution in [0.4, 0.5) is 0 Å². The van der Waals surface area contributed by atoms with Crippen LogP contribution >= 0.6 is 0 Å². The number of aromatic nitrogens is 1. The molecule has 0 saturated heterocycles. The maximum absolute atomic E-state index is 14.1. The Hall–Kier alpha value is -3.56. The lowest BCUT2D eigenvalue weighted by Crippen LogP contribution is -2.66. The fraction of sp³-hybridized carbons (Fsp3) is 0.755. The van der Waals surface area contributed by atoms with Crippen LogP contribution in [0.2, 0.25) is 0 Å². The molecule has 1 aromatic heterocycles. The molecule has 10 atom stereocenters. The average Bonchev–Trinajstić information content (AvgIpc) is 3.43. The summed E-state index contributed by atoms with van der Waals surface area (Å²) in [6, 6.07) is 3.44. The first-order valence-corrected chi connectivity index (χ1v) is 22.5. The van der Waals surface area contributed by atoms with E-state index in [1.807, 2.05) is 27.7 Å². The van der Waals surface area contributed by atoms with Gasteiger partial charge in [0.05, 0.1) is 22.9 Å². The van der Waals surface area contributed by atoms with Crippen LogP contribution in [0.5, 0.6) is 0 Å². The Balaban J connectivity index is 1.09. The van der Waals surface area contributed by atoms with Gasteiger partial charge in [0.2, 0.25) is 5.91 Å². The van der Waals surface area contributed by atoms with E-state index in [-0.39, 0.29) is 76.1 Å². The molecule has 0 radical (unpaired) electrons. The van der Waals surface area contributed by atoms with Gasteiger partial charge in [-0.15, -0.1) is 0 Å². The molecule has 0 unspecified atom stereocenters. The number of amides is 2. The molecular formula is C49H71N3O7. The minimum Gasteiger partial charge on any atom is -0.481 e. The molecular weight excluding hydrogens is 743 g/mol. The number of carboxylic acids is 1. The standard InChI is InChI=1S/C49H71N3O7/c1-28(2)38-33(53)24-49(25-37(54)51-27-43(3,4)52-40(55)29-13-12-22-50-26-29)21-20-47(10)30(39(38)49)14-15-35-46(9)18-17-36(45(7,8)34(46)16-19-48(35,47)11)59-42(58)32-23-31(41(56)57)44(32,5)6/h12-13,22,26,28,30-32,34-36H,14-21,23-25,27H2,1-11H3,(H,51,54)(H,52,55)(H,56,57)/t30-,31+,32-,34+,35-,36+,46+,47-,48-,49+/m1/s1. The number of pyridine rings is 1. The lowest BCUT2D eigenvalue weighted by atomic mass is 9.33. The van der Waals surface area contributed by atoms with Crippen molar-refractivity contribution in [2.45, 2.75) is 158 Å². The number of fused-ring (bicyclic) bond motifs is 7. The molecule has 6 aliphatic carbocycles. The molecule has 6 aliphatic rings. The van der Waals surface area contributed by atoms with Gasteiger partial charge in [-0.2, -0.15) is 0 Å². The molecule has 5 fully saturated rings. The highest BCUT2D eigenvalue weighted by molar-refractivity contribution is 6.01. The Morgan fingerprint density at radius 2 is 1.61 bits per heavy atom. The number of aliphatic carboxylic acids is 1. The van der Waals surface area contributed by atoms with Gasteiger partial charge in [-0.05, 0) is 135 Å². The number of Topliss-reactive ketones (excluding diaryl/α,β-unsaturated/α-hetero) is 1. The zero-order chi connectivity index (χ0) is 43.3. The largest absolute Gasteiger partial charge is 0.481 e. The molecule has 0 spiro atoms. The summed E-state index contributed by atoms with van der Waals surface area (Å²) in [4.78, 5) is 70.6. The summed E-state index contributed by atoms with van der Waals surface area (Å²) in [5.41, 5.74) is 0.669. The Morgan fingerprint density at radius 3 is 2.24 bits per heavy atom. The molecule has 10 nitrogen and oxygen atoms in total. The molecule has 3 N–H and O–H groups in total. The van der Waals surface area contributed by atoms with Crippen molar-refractivity contribution in [2.24, 2.45) is 68.0 Å². The second-order valence-electron chi connectivity index (χ2n) is 22.8. The van der Waals surface area contributed by atoms with Crippen LogP contribution in [0, 0.1) is 68.0 Å². The van der Waals surface area contributed by atoms with E-state index in [9.17, 15) is 29.1 Å². The summed E-state index contributed by atoms with van der Waals surface area (Å²) in [5, 5.41) is 15.9. The monoisotopic (exact) mass is 814 g/mol. The molecule has 10 heteroatoms. The number of nitrogens with one attached hydrogen (secondary N) is 2. The number of hydrogen-bond acceptors (Lipinski definition) is 7. The van der Waals surface area contributed by atoms with Gasteiger partial charge in [-0.25, -0.2) is 0 Å². The van der Waals surface area contributed by atoms with Crippen molar-refractivity contribution in [3.63, 3.8) is 0 Å². The van der Waals surface area contributed by atoms with Crippen molar-refractivity contribution >= 4 is 29.5 Å². The molecule has 1 heterocycles. The number of rotatable bonds is 10. The normalized spacial score (nSPS) is 38.2. The summed E-state index contributed by atoms with van der Waals surface area (Å²) < 4.78 is 6.42. The van der Waals surface area contributed by atoms with E-state index in [0.717, 1.165) is 56.9 Å². The topological polar surface area (TPSA) is 152 Å². The molecule has 0 aliphatic heterocycles. The predicted molar refractivity (Wildman–Crippen MR) is 226 cm³/mol. The van der Waals surface area contributed by atoms with Crippen molar-refractivity contribution < 1.29 is 33.8 Å². The van der Waals surface area contributed by atoms with Crippen molar-refractivity contribution in [1.29, 1.82) is 0 Å². The first-order chi connectivity index (χ1) is 27.3. The maximum Gasteiger partial charge on any atom is 0.309 e. The highest BCUT2D eigenvalue weighted by Crippen LogP contribution is 2.77. The van der Waals surface area contributed by atoms with Crippen LogP contribution in [-0.2, 0) is 23.9 Å². The fourth-order valence-electron chi connectivity index (χ4n) is 14.7. The summed E-state index contributed by atoms with van der Waals surface area (Å²) in [6.45, 7) is 24.3. The Kier molecular flexibility index (Phi) is 10.7. The smallest absolute Gasteiger partial charge is 0.309 e. The van der Waals surface area contributed by atoms with Gasteiger partial charge in [0.1, 0.15) is 6.10 Å². The van der Waals surface area contributed by atoms with Crippen LogP contribution in [0.15, 0.2) is 35.7 Å². The van der Waals surface area contributed by atoms with E-state index < -0.39 is 34.2 Å². The van der Waals surface area contributed by atoms with Crippen LogP contribution < -0.4 is 10.6 Å².